The van der Waals surface area contributed by atoms with Crippen LogP contribution in [-0.2, 0) is 4.74 Å². The largest absolute Gasteiger partial charge is 0.383 e. The fourth-order valence-electron chi connectivity index (χ4n) is 3.32. The predicted octanol–water partition coefficient (Wildman–Crippen LogP) is 4.53. The number of rotatable bonds is 6. The number of aromatic nitrogens is 3. The molecule has 0 aliphatic carbocycles. The summed E-state index contributed by atoms with van der Waals surface area (Å²) in [6.45, 7) is 2.68. The number of hydrogen-bond acceptors (Lipinski definition) is 4. The van der Waals surface area contributed by atoms with Crippen LogP contribution in [-0.4, -0.2) is 34.3 Å². The summed E-state index contributed by atoms with van der Waals surface area (Å²) in [4.78, 5) is 9.13. The Morgan fingerprint density at radius 2 is 1.70 bits per heavy atom. The molecule has 5 heteroatoms. The fraction of sp³-hybridized carbons (Fsp3) is 0.182. The van der Waals surface area contributed by atoms with Gasteiger partial charge in [0, 0.05) is 30.6 Å². The van der Waals surface area contributed by atoms with Crippen LogP contribution in [0.4, 0.5) is 5.82 Å². The van der Waals surface area contributed by atoms with Crippen LogP contribution in [0.15, 0.2) is 73.2 Å². The maximum Gasteiger partial charge on any atom is 0.150 e. The molecule has 136 valence electrons. The van der Waals surface area contributed by atoms with E-state index < -0.39 is 0 Å². The molecule has 0 unspecified atom stereocenters. The summed E-state index contributed by atoms with van der Waals surface area (Å²) >= 11 is 0. The van der Waals surface area contributed by atoms with Crippen molar-refractivity contribution in [2.75, 3.05) is 19.0 Å². The number of hydrogen-bond donors (Lipinski definition) is 1. The van der Waals surface area contributed by atoms with E-state index in [0.29, 0.717) is 6.61 Å². The van der Waals surface area contributed by atoms with Gasteiger partial charge in [-0.05, 0) is 24.6 Å². The van der Waals surface area contributed by atoms with Crippen LogP contribution in [0.2, 0.25) is 0 Å². The van der Waals surface area contributed by atoms with E-state index in [-0.39, 0.29) is 6.04 Å². The summed E-state index contributed by atoms with van der Waals surface area (Å²) in [7, 11) is 1.70. The molecule has 0 aliphatic heterocycles. The zero-order chi connectivity index (χ0) is 18.6. The second-order valence-electron chi connectivity index (χ2n) is 6.54. The van der Waals surface area contributed by atoms with Crippen LogP contribution < -0.4 is 5.32 Å². The van der Waals surface area contributed by atoms with Crippen molar-refractivity contribution < 1.29 is 4.74 Å². The van der Waals surface area contributed by atoms with Gasteiger partial charge in [-0.1, -0.05) is 48.5 Å². The van der Waals surface area contributed by atoms with Crippen molar-refractivity contribution in [1.82, 2.24) is 14.5 Å². The van der Waals surface area contributed by atoms with Crippen molar-refractivity contribution in [2.45, 2.75) is 13.0 Å². The average Bonchev–Trinajstić information content (AvgIpc) is 3.10. The quantitative estimate of drug-likeness (QED) is 0.550. The van der Waals surface area contributed by atoms with Gasteiger partial charge in [0.1, 0.15) is 12.1 Å². The summed E-state index contributed by atoms with van der Waals surface area (Å²) in [5.74, 6) is 0.818. The first kappa shape index (κ1) is 17.2. The highest BCUT2D eigenvalue weighted by Crippen LogP contribution is 2.35. The highest BCUT2D eigenvalue weighted by molar-refractivity contribution is 6.02. The number of methoxy groups -OCH3 is 1. The molecule has 0 bridgehead atoms. The minimum Gasteiger partial charge on any atom is -0.383 e. The van der Waals surface area contributed by atoms with Crippen molar-refractivity contribution in [3.8, 4) is 16.8 Å². The summed E-state index contributed by atoms with van der Waals surface area (Å²) in [5, 5.41) is 4.48. The third-order valence-corrected chi connectivity index (χ3v) is 4.50. The number of ether oxygens (including phenoxy) is 1. The number of para-hydroxylation sites is 1. The van der Waals surface area contributed by atoms with Crippen LogP contribution in [0, 0.1) is 0 Å². The maximum absolute atomic E-state index is 5.27. The molecule has 1 N–H and O–H groups in total. The van der Waals surface area contributed by atoms with Crippen LogP contribution in [0.1, 0.15) is 6.92 Å². The highest BCUT2D eigenvalue weighted by Gasteiger charge is 2.18. The second-order valence-corrected chi connectivity index (χ2v) is 6.54. The average molecular weight is 358 g/mol. The molecule has 2 aromatic carbocycles. The van der Waals surface area contributed by atoms with Gasteiger partial charge in [0.2, 0.25) is 0 Å². The van der Waals surface area contributed by atoms with E-state index in [1.54, 1.807) is 13.4 Å². The lowest BCUT2D eigenvalue weighted by molar-refractivity contribution is 0.190. The Labute approximate surface area is 158 Å². The summed E-state index contributed by atoms with van der Waals surface area (Å²) < 4.78 is 7.38. The topological polar surface area (TPSA) is 52.0 Å². The van der Waals surface area contributed by atoms with Crippen LogP contribution in [0.5, 0.6) is 0 Å². The Bertz CT molecular complexity index is 1030. The Balaban J connectivity index is 1.94. The molecule has 0 radical (unpaired) electrons. The zero-order valence-electron chi connectivity index (χ0n) is 15.5. The van der Waals surface area contributed by atoms with Crippen molar-refractivity contribution in [3.05, 3.63) is 73.2 Å². The Kier molecular flexibility index (Phi) is 4.85. The monoisotopic (exact) mass is 358 g/mol. The molecule has 2 aromatic heterocycles. The standard InChI is InChI=1S/C22H22N4O/c1-16(14-27-2)25-21-20-19(17-9-5-3-6-10-17)13-26(22(20)24-15-23-21)18-11-7-4-8-12-18/h3-13,15-16H,14H2,1-2H3,(H,23,24,25)/t16-/m1/s1. The van der Waals surface area contributed by atoms with Gasteiger partial charge in [0.25, 0.3) is 0 Å². The summed E-state index contributed by atoms with van der Waals surface area (Å²) in [5.41, 5.74) is 4.18. The smallest absolute Gasteiger partial charge is 0.150 e. The molecule has 4 aromatic rings. The SMILES string of the molecule is COC[C@@H](C)Nc1ncnc2c1c(-c1ccccc1)cn2-c1ccccc1. The Hall–Kier alpha value is -3.18. The first-order valence-corrected chi connectivity index (χ1v) is 9.00. The molecular weight excluding hydrogens is 336 g/mol. The molecule has 2 heterocycles. The fourth-order valence-corrected chi connectivity index (χ4v) is 3.32. The van der Waals surface area contributed by atoms with Gasteiger partial charge in [-0.15, -0.1) is 0 Å². The molecule has 4 rings (SSSR count). The highest BCUT2D eigenvalue weighted by atomic mass is 16.5. The van der Waals surface area contributed by atoms with Crippen LogP contribution in [0.3, 0.4) is 0 Å². The number of fused-ring (bicyclic) bond motifs is 1. The lowest BCUT2D eigenvalue weighted by Crippen LogP contribution is -2.21. The van der Waals surface area contributed by atoms with Gasteiger partial charge in [-0.2, -0.15) is 0 Å². The van der Waals surface area contributed by atoms with Gasteiger partial charge in [-0.3, -0.25) is 0 Å². The number of nitrogens with one attached hydrogen (secondary N) is 1. The Morgan fingerprint density at radius 3 is 2.41 bits per heavy atom. The van der Waals surface area contributed by atoms with E-state index in [9.17, 15) is 0 Å². The first-order valence-electron chi connectivity index (χ1n) is 9.00. The minimum atomic E-state index is 0.136. The molecule has 0 saturated carbocycles. The molecule has 27 heavy (non-hydrogen) atoms. The minimum absolute atomic E-state index is 0.136. The van der Waals surface area contributed by atoms with Crippen LogP contribution >= 0.6 is 0 Å². The van der Waals surface area contributed by atoms with E-state index in [0.717, 1.165) is 33.7 Å². The number of anilines is 1. The van der Waals surface area contributed by atoms with Gasteiger partial charge in [0.05, 0.1) is 12.0 Å². The third-order valence-electron chi connectivity index (χ3n) is 4.50. The number of nitrogens with zero attached hydrogens (tertiary/aromatic N) is 3. The molecule has 1 atom stereocenters. The molecule has 0 saturated heterocycles. The van der Waals surface area contributed by atoms with E-state index in [2.05, 4.69) is 57.2 Å². The van der Waals surface area contributed by atoms with Crippen molar-refractivity contribution >= 4 is 16.9 Å². The zero-order valence-corrected chi connectivity index (χ0v) is 15.5. The normalized spacial score (nSPS) is 12.2. The van der Waals surface area contributed by atoms with Crippen molar-refractivity contribution in [3.63, 3.8) is 0 Å². The lowest BCUT2D eigenvalue weighted by Gasteiger charge is -2.14. The Morgan fingerprint density at radius 1 is 1.00 bits per heavy atom. The second kappa shape index (κ2) is 7.60. The molecule has 0 fully saturated rings. The summed E-state index contributed by atoms with van der Waals surface area (Å²) in [6, 6.07) is 20.7. The number of benzene rings is 2. The van der Waals surface area contributed by atoms with E-state index in [1.165, 1.54) is 0 Å². The maximum atomic E-state index is 5.27. The molecule has 0 amide bonds. The van der Waals surface area contributed by atoms with E-state index >= 15 is 0 Å². The molecule has 5 nitrogen and oxygen atoms in total. The van der Waals surface area contributed by atoms with Gasteiger partial charge >= 0.3 is 0 Å². The van der Waals surface area contributed by atoms with Gasteiger partial charge in [-0.25, -0.2) is 9.97 Å². The third kappa shape index (κ3) is 3.41. The first-order chi connectivity index (χ1) is 13.3. The van der Waals surface area contributed by atoms with Gasteiger partial charge in [0.15, 0.2) is 5.65 Å². The predicted molar refractivity (Wildman–Crippen MR) is 109 cm³/mol. The summed E-state index contributed by atoms with van der Waals surface area (Å²) in [6.07, 6.45) is 3.74. The molecule has 0 aliphatic rings. The lowest BCUT2D eigenvalue weighted by atomic mass is 10.1. The molecule has 0 spiro atoms. The van der Waals surface area contributed by atoms with E-state index in [4.69, 9.17) is 4.74 Å². The van der Waals surface area contributed by atoms with Gasteiger partial charge < -0.3 is 14.6 Å². The van der Waals surface area contributed by atoms with Crippen LogP contribution in [0.25, 0.3) is 27.8 Å². The van der Waals surface area contributed by atoms with Crippen molar-refractivity contribution in [2.24, 2.45) is 0 Å². The van der Waals surface area contributed by atoms with Crippen molar-refractivity contribution in [1.29, 1.82) is 0 Å². The molecular formula is C22H22N4O. The van der Waals surface area contributed by atoms with E-state index in [1.807, 2.05) is 36.4 Å².